The molecule has 0 radical (unpaired) electrons. The van der Waals surface area contributed by atoms with E-state index in [0.29, 0.717) is 13.0 Å². The molecule has 1 heterocycles. The molecule has 0 spiro atoms. The zero-order valence-electron chi connectivity index (χ0n) is 10.4. The number of nitrogens with two attached hydrogens (primary N) is 1. The molecule has 92 valence electrons. The summed E-state index contributed by atoms with van der Waals surface area (Å²) in [5, 5.41) is 0. The Labute approximate surface area is 103 Å². The number of rotatable bonds is 3. The van der Waals surface area contributed by atoms with Gasteiger partial charge in [-0.3, -0.25) is 4.79 Å². The third-order valence-corrected chi connectivity index (χ3v) is 3.31. The molecular formula is C14H20N2O. The van der Waals surface area contributed by atoms with Crippen molar-refractivity contribution in [3.05, 3.63) is 29.3 Å². The van der Waals surface area contributed by atoms with Gasteiger partial charge in [-0.15, -0.1) is 0 Å². The molecule has 0 aliphatic carbocycles. The average molecular weight is 232 g/mol. The Bertz CT molecular complexity index is 415. The number of hydrogen-bond acceptors (Lipinski definition) is 2. The molecule has 3 heteroatoms. The number of amides is 1. The molecule has 3 nitrogen and oxygen atoms in total. The molecule has 2 rings (SSSR count). The van der Waals surface area contributed by atoms with E-state index < -0.39 is 0 Å². The smallest absolute Gasteiger partial charge is 0.227 e. The molecule has 1 aliphatic rings. The summed E-state index contributed by atoms with van der Waals surface area (Å²) >= 11 is 0. The van der Waals surface area contributed by atoms with Gasteiger partial charge in [0, 0.05) is 18.7 Å². The molecule has 2 N–H and O–H groups in total. The summed E-state index contributed by atoms with van der Waals surface area (Å²) in [6.07, 6.45) is 3.48. The highest BCUT2D eigenvalue weighted by molar-refractivity contribution is 5.95. The second-order valence-electron chi connectivity index (χ2n) is 4.62. The van der Waals surface area contributed by atoms with E-state index >= 15 is 0 Å². The molecule has 1 aromatic rings. The SMILES string of the molecule is Cc1cccc2c1N(C(=O)CCCN)CCC2. The number of benzene rings is 1. The van der Waals surface area contributed by atoms with Gasteiger partial charge in [0.25, 0.3) is 0 Å². The van der Waals surface area contributed by atoms with Gasteiger partial charge in [-0.05, 0) is 43.9 Å². The third-order valence-electron chi connectivity index (χ3n) is 3.31. The van der Waals surface area contributed by atoms with Crippen molar-refractivity contribution >= 4 is 11.6 Å². The van der Waals surface area contributed by atoms with Gasteiger partial charge in [-0.2, -0.15) is 0 Å². The zero-order chi connectivity index (χ0) is 12.3. The number of fused-ring (bicyclic) bond motifs is 1. The summed E-state index contributed by atoms with van der Waals surface area (Å²) in [6, 6.07) is 6.28. The minimum Gasteiger partial charge on any atom is -0.330 e. The topological polar surface area (TPSA) is 46.3 Å². The highest BCUT2D eigenvalue weighted by atomic mass is 16.2. The van der Waals surface area contributed by atoms with Crippen molar-refractivity contribution in [2.24, 2.45) is 5.73 Å². The maximum absolute atomic E-state index is 12.1. The predicted octanol–water partition coefficient (Wildman–Crippen LogP) is 2.01. The van der Waals surface area contributed by atoms with Gasteiger partial charge in [-0.1, -0.05) is 18.2 Å². The van der Waals surface area contributed by atoms with Crippen LogP contribution in [-0.2, 0) is 11.2 Å². The van der Waals surface area contributed by atoms with Crippen molar-refractivity contribution in [2.45, 2.75) is 32.6 Å². The number of carbonyl (C=O) groups is 1. The number of para-hydroxylation sites is 1. The van der Waals surface area contributed by atoms with Crippen molar-refractivity contribution < 1.29 is 4.79 Å². The van der Waals surface area contributed by atoms with Crippen LogP contribution in [0.2, 0.25) is 0 Å². The Kier molecular flexibility index (Phi) is 3.79. The lowest BCUT2D eigenvalue weighted by Gasteiger charge is -2.31. The Morgan fingerprint density at radius 3 is 3.06 bits per heavy atom. The van der Waals surface area contributed by atoms with Crippen molar-refractivity contribution in [3.63, 3.8) is 0 Å². The Hall–Kier alpha value is -1.35. The molecule has 0 atom stereocenters. The number of hydrogen-bond donors (Lipinski definition) is 1. The lowest BCUT2D eigenvalue weighted by Crippen LogP contribution is -2.36. The van der Waals surface area contributed by atoms with E-state index in [4.69, 9.17) is 5.73 Å². The maximum Gasteiger partial charge on any atom is 0.227 e. The largest absolute Gasteiger partial charge is 0.330 e. The van der Waals surface area contributed by atoms with Crippen LogP contribution >= 0.6 is 0 Å². The van der Waals surface area contributed by atoms with Crippen LogP contribution < -0.4 is 10.6 Å². The number of aryl methyl sites for hydroxylation is 2. The molecule has 0 saturated carbocycles. The highest BCUT2D eigenvalue weighted by Gasteiger charge is 2.23. The number of anilines is 1. The fourth-order valence-electron chi connectivity index (χ4n) is 2.48. The summed E-state index contributed by atoms with van der Waals surface area (Å²) in [7, 11) is 0. The van der Waals surface area contributed by atoms with E-state index in [1.54, 1.807) is 0 Å². The van der Waals surface area contributed by atoms with Gasteiger partial charge in [0.1, 0.15) is 0 Å². The second-order valence-corrected chi connectivity index (χ2v) is 4.62. The lowest BCUT2D eigenvalue weighted by atomic mass is 9.98. The molecule has 0 saturated heterocycles. The second kappa shape index (κ2) is 5.32. The van der Waals surface area contributed by atoms with Crippen LogP contribution in [0.25, 0.3) is 0 Å². The molecular weight excluding hydrogens is 212 g/mol. The van der Waals surface area contributed by atoms with Crippen molar-refractivity contribution in [2.75, 3.05) is 18.0 Å². The van der Waals surface area contributed by atoms with Crippen LogP contribution in [0.1, 0.15) is 30.4 Å². The molecule has 0 fully saturated rings. The monoisotopic (exact) mass is 232 g/mol. The molecule has 1 aliphatic heterocycles. The average Bonchev–Trinajstić information content (AvgIpc) is 2.35. The minimum atomic E-state index is 0.214. The Balaban J connectivity index is 2.25. The summed E-state index contributed by atoms with van der Waals surface area (Å²) in [5.74, 6) is 0.214. The van der Waals surface area contributed by atoms with Gasteiger partial charge in [0.2, 0.25) is 5.91 Å². The highest BCUT2D eigenvalue weighted by Crippen LogP contribution is 2.30. The Morgan fingerprint density at radius 1 is 1.47 bits per heavy atom. The molecule has 1 aromatic carbocycles. The van der Waals surface area contributed by atoms with E-state index in [1.807, 2.05) is 4.90 Å². The lowest BCUT2D eigenvalue weighted by molar-refractivity contribution is -0.118. The van der Waals surface area contributed by atoms with E-state index in [-0.39, 0.29) is 5.91 Å². The first-order valence-electron chi connectivity index (χ1n) is 6.33. The van der Waals surface area contributed by atoms with Gasteiger partial charge in [-0.25, -0.2) is 0 Å². The van der Waals surface area contributed by atoms with Crippen LogP contribution in [0.4, 0.5) is 5.69 Å². The van der Waals surface area contributed by atoms with Crippen molar-refractivity contribution in [1.82, 2.24) is 0 Å². The predicted molar refractivity (Wildman–Crippen MR) is 70.1 cm³/mol. The number of nitrogens with zero attached hydrogens (tertiary/aromatic N) is 1. The molecule has 17 heavy (non-hydrogen) atoms. The van der Waals surface area contributed by atoms with E-state index in [9.17, 15) is 4.79 Å². The zero-order valence-corrected chi connectivity index (χ0v) is 10.4. The van der Waals surface area contributed by atoms with E-state index in [1.165, 1.54) is 11.1 Å². The van der Waals surface area contributed by atoms with Crippen LogP contribution in [-0.4, -0.2) is 19.0 Å². The van der Waals surface area contributed by atoms with Gasteiger partial charge >= 0.3 is 0 Å². The molecule has 0 unspecified atom stereocenters. The summed E-state index contributed by atoms with van der Waals surface area (Å²) < 4.78 is 0. The van der Waals surface area contributed by atoms with Crippen LogP contribution in [0.5, 0.6) is 0 Å². The fraction of sp³-hybridized carbons (Fsp3) is 0.500. The molecule has 0 aromatic heterocycles. The van der Waals surface area contributed by atoms with Crippen LogP contribution in [0, 0.1) is 6.92 Å². The Morgan fingerprint density at radius 2 is 2.29 bits per heavy atom. The quantitative estimate of drug-likeness (QED) is 0.866. The van der Waals surface area contributed by atoms with Gasteiger partial charge in [0.15, 0.2) is 0 Å². The summed E-state index contributed by atoms with van der Waals surface area (Å²) in [4.78, 5) is 14.1. The maximum atomic E-state index is 12.1. The molecule has 0 bridgehead atoms. The summed E-state index contributed by atoms with van der Waals surface area (Å²) in [5.41, 5.74) is 9.10. The standard InChI is InChI=1S/C14H20N2O/c1-11-5-2-6-12-7-4-10-16(14(11)12)13(17)8-3-9-15/h2,5-6H,3-4,7-10,15H2,1H3. The normalized spacial score (nSPS) is 14.6. The first-order chi connectivity index (χ1) is 8.24. The minimum absolute atomic E-state index is 0.214. The number of carbonyl (C=O) groups excluding carboxylic acids is 1. The van der Waals surface area contributed by atoms with E-state index in [2.05, 4.69) is 25.1 Å². The first-order valence-corrected chi connectivity index (χ1v) is 6.33. The molecule has 1 amide bonds. The van der Waals surface area contributed by atoms with Crippen molar-refractivity contribution in [1.29, 1.82) is 0 Å². The van der Waals surface area contributed by atoms with E-state index in [0.717, 1.165) is 31.5 Å². The van der Waals surface area contributed by atoms with Gasteiger partial charge in [0.05, 0.1) is 0 Å². The first kappa shape index (κ1) is 12.1. The summed E-state index contributed by atoms with van der Waals surface area (Å²) in [6.45, 7) is 3.51. The van der Waals surface area contributed by atoms with Crippen LogP contribution in [0.15, 0.2) is 18.2 Å². The van der Waals surface area contributed by atoms with Crippen molar-refractivity contribution in [3.8, 4) is 0 Å². The third kappa shape index (κ3) is 2.50. The van der Waals surface area contributed by atoms with Gasteiger partial charge < -0.3 is 10.6 Å². The van der Waals surface area contributed by atoms with Crippen LogP contribution in [0.3, 0.4) is 0 Å². The fourth-order valence-corrected chi connectivity index (χ4v) is 2.48.